The Morgan fingerprint density at radius 3 is 1.89 bits per heavy atom. The van der Waals surface area contributed by atoms with E-state index in [1.165, 1.54) is 0 Å². The molecule has 0 aromatic rings. The summed E-state index contributed by atoms with van der Waals surface area (Å²) in [6.07, 6.45) is -0.0173. The highest BCUT2D eigenvalue weighted by Crippen LogP contribution is 2.30. The topological polar surface area (TPSA) is 199 Å². The first-order valence-corrected chi connectivity index (χ1v) is 12.0. The molecule has 1 rings (SSSR count). The molecule has 0 aliphatic carbocycles. The van der Waals surface area contributed by atoms with Crippen molar-refractivity contribution in [1.29, 1.82) is 0 Å². The molecule has 208 valence electrons. The van der Waals surface area contributed by atoms with Crippen LogP contribution >= 0.6 is 0 Å². The number of aliphatic hydroxyl groups is 1. The predicted octanol–water partition coefficient (Wildman–Crippen LogP) is 4.99. The van der Waals surface area contributed by atoms with Crippen LogP contribution in [0, 0.1) is 24.0 Å². The fourth-order valence-corrected chi connectivity index (χ4v) is 3.36. The fourth-order valence-electron chi connectivity index (χ4n) is 3.36. The number of ether oxygens (including phenoxy) is 1. The molecule has 0 spiro atoms. The molecule has 38 heavy (non-hydrogen) atoms. The van der Waals surface area contributed by atoms with Crippen LogP contribution in [0.3, 0.4) is 0 Å². The van der Waals surface area contributed by atoms with E-state index in [-0.39, 0.29) is 31.3 Å². The number of aliphatic hydroxyl groups excluding tert-OH is 1. The summed E-state index contributed by atoms with van der Waals surface area (Å²) in [4.78, 5) is 51.0. The lowest BCUT2D eigenvalue weighted by atomic mass is 9.82. The van der Waals surface area contributed by atoms with Gasteiger partial charge in [0.15, 0.2) is 6.10 Å². The van der Waals surface area contributed by atoms with Crippen molar-refractivity contribution in [2.24, 2.45) is 21.1 Å². The molecule has 0 radical (unpaired) electrons. The molecule has 1 fully saturated rings. The molecule has 2 unspecified atom stereocenters. The van der Waals surface area contributed by atoms with E-state index in [1.807, 2.05) is 13.8 Å². The second-order valence-electron chi connectivity index (χ2n) is 9.82. The number of hydroxylamine groups is 2. The van der Waals surface area contributed by atoms with E-state index in [0.29, 0.717) is 31.0 Å². The number of azide groups is 2. The highest BCUT2D eigenvalue weighted by atomic mass is 16.8. The van der Waals surface area contributed by atoms with E-state index in [2.05, 4.69) is 34.6 Å². The van der Waals surface area contributed by atoms with Crippen molar-refractivity contribution in [3.05, 3.63) is 43.7 Å². The molecule has 1 N–H and O–H groups in total. The molecule has 0 aromatic carbocycles. The molecular weight excluding hydrogens is 498 g/mol. The van der Waals surface area contributed by atoms with Gasteiger partial charge in [-0.25, -0.2) is 17.9 Å². The molecule has 1 saturated heterocycles. The average Bonchev–Trinajstić information content (AvgIpc) is 3.17. The standard InChI is InChI=1S/C14H19N5O5.C9H16N4O/c1-14(2,7-4-8-17-18-15)10(9-16-3)23-13(22)24-19-11(20)5-6-12(19)21;1-9(2,8(14)7-11-3)5-4-6-12-13-10/h10H,4-9H2,1-2H3;8,14H,4-7H2,1-2H3. The zero-order valence-electron chi connectivity index (χ0n) is 22.2. The van der Waals surface area contributed by atoms with Crippen LogP contribution in [-0.2, 0) is 19.2 Å². The zero-order valence-corrected chi connectivity index (χ0v) is 22.2. The first kappa shape index (κ1) is 34.0. The highest BCUT2D eigenvalue weighted by Gasteiger charge is 2.38. The number of imide groups is 1. The van der Waals surface area contributed by atoms with Crippen LogP contribution in [0.1, 0.15) is 66.2 Å². The Bertz CT molecular complexity index is 972. The van der Waals surface area contributed by atoms with Crippen molar-refractivity contribution >= 4 is 18.0 Å². The van der Waals surface area contributed by atoms with Crippen LogP contribution in [-0.4, -0.2) is 66.5 Å². The molecule has 1 aliphatic rings. The number of rotatable bonds is 14. The maximum absolute atomic E-state index is 11.8. The van der Waals surface area contributed by atoms with Crippen molar-refractivity contribution < 1.29 is 29.1 Å². The Labute approximate surface area is 221 Å². The van der Waals surface area contributed by atoms with Gasteiger partial charge in [-0.15, -0.1) is 0 Å². The van der Waals surface area contributed by atoms with Gasteiger partial charge in [-0.2, -0.15) is 0 Å². The molecule has 2 amide bonds. The number of hydrogen-bond donors (Lipinski definition) is 1. The van der Waals surface area contributed by atoms with Crippen LogP contribution in [0.2, 0.25) is 0 Å². The van der Waals surface area contributed by atoms with Crippen LogP contribution in [0.5, 0.6) is 0 Å². The van der Waals surface area contributed by atoms with Crippen LogP contribution in [0.25, 0.3) is 30.6 Å². The number of nitrogens with zero attached hydrogens (tertiary/aromatic N) is 9. The first-order chi connectivity index (χ1) is 17.9. The average molecular weight is 534 g/mol. The molecule has 0 saturated carbocycles. The van der Waals surface area contributed by atoms with Gasteiger partial charge in [-0.05, 0) is 42.2 Å². The second kappa shape index (κ2) is 17.4. The molecule has 0 aromatic heterocycles. The molecular formula is C23H35N9O6. The summed E-state index contributed by atoms with van der Waals surface area (Å²) in [6.45, 7) is 21.9. The van der Waals surface area contributed by atoms with Gasteiger partial charge in [0.05, 0.1) is 0 Å². The fraction of sp³-hybridized carbons (Fsp3) is 0.783. The van der Waals surface area contributed by atoms with Gasteiger partial charge in [-0.3, -0.25) is 14.4 Å². The van der Waals surface area contributed by atoms with E-state index >= 15 is 0 Å². The number of carbonyl (C=O) groups is 3. The summed E-state index contributed by atoms with van der Waals surface area (Å²) in [5.74, 6) is -1.21. The van der Waals surface area contributed by atoms with E-state index in [4.69, 9.17) is 28.9 Å². The molecule has 2 atom stereocenters. The van der Waals surface area contributed by atoms with Crippen LogP contribution < -0.4 is 0 Å². The van der Waals surface area contributed by atoms with Gasteiger partial charge in [0, 0.05) is 41.2 Å². The molecule has 0 bridgehead atoms. The third-order valence-corrected chi connectivity index (χ3v) is 5.99. The summed E-state index contributed by atoms with van der Waals surface area (Å²) in [6, 6.07) is 0. The minimum absolute atomic E-state index is 0.0114. The summed E-state index contributed by atoms with van der Waals surface area (Å²) in [7, 11) is 0. The van der Waals surface area contributed by atoms with E-state index in [9.17, 15) is 19.5 Å². The van der Waals surface area contributed by atoms with Crippen molar-refractivity contribution in [1.82, 2.24) is 5.06 Å². The lowest BCUT2D eigenvalue weighted by Crippen LogP contribution is -2.39. The predicted molar refractivity (Wildman–Crippen MR) is 135 cm³/mol. The lowest BCUT2D eigenvalue weighted by Gasteiger charge is -2.30. The van der Waals surface area contributed by atoms with Crippen LogP contribution in [0.4, 0.5) is 4.79 Å². The van der Waals surface area contributed by atoms with Crippen molar-refractivity contribution in [3.63, 3.8) is 0 Å². The minimum atomic E-state index is -1.20. The molecule has 1 heterocycles. The van der Waals surface area contributed by atoms with Gasteiger partial charge in [-0.1, -0.05) is 43.0 Å². The van der Waals surface area contributed by atoms with Crippen molar-refractivity contribution in [3.8, 4) is 0 Å². The monoisotopic (exact) mass is 533 g/mol. The summed E-state index contributed by atoms with van der Waals surface area (Å²) in [5.41, 5.74) is 15.5. The van der Waals surface area contributed by atoms with Gasteiger partial charge < -0.3 is 19.5 Å². The number of amides is 2. The van der Waals surface area contributed by atoms with E-state index in [1.54, 1.807) is 13.8 Å². The summed E-state index contributed by atoms with van der Waals surface area (Å²) >= 11 is 0. The largest absolute Gasteiger partial charge is 0.534 e. The number of hydrogen-bond acceptors (Lipinski definition) is 8. The normalized spacial score (nSPS) is 14.4. The van der Waals surface area contributed by atoms with Gasteiger partial charge in [0.2, 0.25) is 6.54 Å². The Kier molecular flexibility index (Phi) is 15.6. The molecule has 15 heteroatoms. The SMILES string of the molecule is [C-]#[N+]CC(O)C(C)(C)CCCN=[N+]=[N-].[C-]#[N+]CC(OC(=O)ON1C(=O)CCC1=O)C(C)(C)CCCN=[N+]=[N-]. The number of carbonyl (C=O) groups excluding carboxylic acids is 3. The molecule has 1 aliphatic heterocycles. The van der Waals surface area contributed by atoms with Gasteiger partial charge in [0.25, 0.3) is 18.4 Å². The summed E-state index contributed by atoms with van der Waals surface area (Å²) in [5, 5.41) is 16.9. The Morgan fingerprint density at radius 1 is 0.974 bits per heavy atom. The quantitative estimate of drug-likeness (QED) is 0.0619. The Hall–Kier alpha value is -4.03. The van der Waals surface area contributed by atoms with Gasteiger partial charge >= 0.3 is 6.16 Å². The van der Waals surface area contributed by atoms with Crippen LogP contribution in [0.15, 0.2) is 10.2 Å². The zero-order chi connectivity index (χ0) is 29.2. The maximum atomic E-state index is 11.8. The van der Waals surface area contributed by atoms with E-state index < -0.39 is 35.6 Å². The summed E-state index contributed by atoms with van der Waals surface area (Å²) < 4.78 is 5.15. The third kappa shape index (κ3) is 12.8. The van der Waals surface area contributed by atoms with Gasteiger partial charge in [0.1, 0.15) is 6.10 Å². The smallest absolute Gasteiger partial charge is 0.421 e. The first-order valence-electron chi connectivity index (χ1n) is 12.0. The Balaban J connectivity index is 0.000000835. The van der Waals surface area contributed by atoms with E-state index in [0.717, 1.165) is 12.8 Å². The molecule has 15 nitrogen and oxygen atoms in total. The van der Waals surface area contributed by atoms with Crippen molar-refractivity contribution in [2.45, 2.75) is 78.4 Å². The maximum Gasteiger partial charge on any atom is 0.534 e. The lowest BCUT2D eigenvalue weighted by molar-refractivity contribution is -0.180. The Morgan fingerprint density at radius 2 is 1.45 bits per heavy atom. The second-order valence-corrected chi connectivity index (χ2v) is 9.82. The highest BCUT2D eigenvalue weighted by molar-refractivity contribution is 6.01. The third-order valence-electron chi connectivity index (χ3n) is 5.99. The minimum Gasteiger partial charge on any atom is -0.421 e. The van der Waals surface area contributed by atoms with Crippen molar-refractivity contribution in [2.75, 3.05) is 26.2 Å².